The van der Waals surface area contributed by atoms with Gasteiger partial charge in [0.05, 0.1) is 0 Å². The summed E-state index contributed by atoms with van der Waals surface area (Å²) in [6.45, 7) is 1.68. The van der Waals surface area contributed by atoms with Gasteiger partial charge in [-0.3, -0.25) is 0 Å². The van der Waals surface area contributed by atoms with Crippen LogP contribution in [0.25, 0.3) is 0 Å². The highest BCUT2D eigenvalue weighted by Crippen LogP contribution is 2.21. The minimum Gasteiger partial charge on any atom is -0.335 e. The Morgan fingerprint density at radius 1 is 1.67 bits per heavy atom. The van der Waals surface area contributed by atoms with E-state index in [-0.39, 0.29) is 0 Å². The first-order valence-electron chi connectivity index (χ1n) is 4.02. The van der Waals surface area contributed by atoms with Crippen LogP contribution in [0, 0.1) is 0 Å². The van der Waals surface area contributed by atoms with E-state index in [0.717, 1.165) is 18.9 Å². The number of aromatic nitrogens is 4. The Bertz CT molecular complexity index is 267. The molecule has 6 nitrogen and oxygen atoms in total. The molecule has 1 unspecified atom stereocenters. The highest BCUT2D eigenvalue weighted by atomic mass is 15.6. The van der Waals surface area contributed by atoms with Crippen molar-refractivity contribution in [2.75, 3.05) is 18.0 Å². The van der Waals surface area contributed by atoms with Crippen molar-refractivity contribution >= 4 is 5.95 Å². The number of aryl methyl sites for hydroxylation is 1. The third-order valence-corrected chi connectivity index (χ3v) is 2.27. The fourth-order valence-electron chi connectivity index (χ4n) is 1.42. The van der Waals surface area contributed by atoms with Crippen LogP contribution in [0.15, 0.2) is 0 Å². The van der Waals surface area contributed by atoms with Crippen LogP contribution in [0.5, 0.6) is 0 Å². The Balaban J connectivity index is 2.15. The third kappa shape index (κ3) is 0.953. The Labute approximate surface area is 70.3 Å². The first-order chi connectivity index (χ1) is 5.83. The highest BCUT2D eigenvalue weighted by molar-refractivity contribution is 5.34. The Morgan fingerprint density at radius 3 is 2.92 bits per heavy atom. The average Bonchev–Trinajstić information content (AvgIpc) is 2.36. The molecule has 0 spiro atoms. The summed E-state index contributed by atoms with van der Waals surface area (Å²) in [4.78, 5) is 2.12. The summed E-state index contributed by atoms with van der Waals surface area (Å²) in [5.74, 6) is 0.816. The summed E-state index contributed by atoms with van der Waals surface area (Å²) in [7, 11) is 1.83. The molecular weight excluding hydrogens is 156 g/mol. The van der Waals surface area contributed by atoms with Crippen molar-refractivity contribution in [3.8, 4) is 0 Å². The summed E-state index contributed by atoms with van der Waals surface area (Å²) in [5.41, 5.74) is 5.56. The SMILES string of the molecule is Cn1nnnc1N1CCC1CN. The summed E-state index contributed by atoms with van der Waals surface area (Å²) in [6.07, 6.45) is 1.14. The first-order valence-corrected chi connectivity index (χ1v) is 4.02. The largest absolute Gasteiger partial charge is 0.335 e. The molecular formula is C6H12N6. The predicted molar refractivity (Wildman–Crippen MR) is 43.6 cm³/mol. The van der Waals surface area contributed by atoms with E-state index in [1.165, 1.54) is 0 Å². The van der Waals surface area contributed by atoms with Gasteiger partial charge in [0.15, 0.2) is 0 Å². The van der Waals surface area contributed by atoms with Crippen molar-refractivity contribution in [3.05, 3.63) is 0 Å². The van der Waals surface area contributed by atoms with Crippen LogP contribution in [0.2, 0.25) is 0 Å². The Morgan fingerprint density at radius 2 is 2.50 bits per heavy atom. The molecule has 12 heavy (non-hydrogen) atoms. The van der Waals surface area contributed by atoms with Crippen LogP contribution in [0.4, 0.5) is 5.95 Å². The molecule has 2 rings (SSSR count). The van der Waals surface area contributed by atoms with E-state index >= 15 is 0 Å². The lowest BCUT2D eigenvalue weighted by atomic mass is 10.0. The molecule has 2 N–H and O–H groups in total. The maximum atomic E-state index is 5.56. The van der Waals surface area contributed by atoms with E-state index in [9.17, 15) is 0 Å². The van der Waals surface area contributed by atoms with E-state index in [1.807, 2.05) is 7.05 Å². The van der Waals surface area contributed by atoms with Gasteiger partial charge < -0.3 is 10.6 Å². The molecule has 0 radical (unpaired) electrons. The van der Waals surface area contributed by atoms with Gasteiger partial charge in [-0.1, -0.05) is 5.10 Å². The van der Waals surface area contributed by atoms with E-state index in [1.54, 1.807) is 4.68 Å². The molecule has 66 valence electrons. The normalized spacial score (nSPS) is 22.5. The molecule has 1 saturated heterocycles. The molecule has 0 saturated carbocycles. The lowest BCUT2D eigenvalue weighted by Gasteiger charge is -2.40. The predicted octanol–water partition coefficient (Wildman–Crippen LogP) is -1.25. The van der Waals surface area contributed by atoms with Gasteiger partial charge in [-0.15, -0.1) is 0 Å². The highest BCUT2D eigenvalue weighted by Gasteiger charge is 2.29. The minimum absolute atomic E-state index is 0.426. The molecule has 0 amide bonds. The van der Waals surface area contributed by atoms with Crippen LogP contribution in [0.3, 0.4) is 0 Å². The summed E-state index contributed by atoms with van der Waals surface area (Å²) in [5, 5.41) is 11.2. The number of nitrogens with zero attached hydrogens (tertiary/aromatic N) is 5. The van der Waals surface area contributed by atoms with Crippen molar-refractivity contribution in [2.24, 2.45) is 12.8 Å². The molecule has 2 heterocycles. The van der Waals surface area contributed by atoms with Gasteiger partial charge in [0.1, 0.15) is 0 Å². The van der Waals surface area contributed by atoms with Crippen LogP contribution < -0.4 is 10.6 Å². The second-order valence-electron chi connectivity index (χ2n) is 2.97. The van der Waals surface area contributed by atoms with Gasteiger partial charge in [0.2, 0.25) is 5.95 Å². The molecule has 1 aliphatic heterocycles. The van der Waals surface area contributed by atoms with Gasteiger partial charge in [-0.2, -0.15) is 0 Å². The zero-order valence-corrected chi connectivity index (χ0v) is 7.01. The summed E-state index contributed by atoms with van der Waals surface area (Å²) >= 11 is 0. The number of anilines is 1. The van der Waals surface area contributed by atoms with Gasteiger partial charge in [0.25, 0.3) is 0 Å². The van der Waals surface area contributed by atoms with Crippen LogP contribution in [-0.2, 0) is 7.05 Å². The van der Waals surface area contributed by atoms with Crippen molar-refractivity contribution in [1.82, 2.24) is 20.2 Å². The van der Waals surface area contributed by atoms with Crippen LogP contribution in [-0.4, -0.2) is 39.3 Å². The lowest BCUT2D eigenvalue weighted by Crippen LogP contribution is -2.52. The molecule has 0 bridgehead atoms. The maximum absolute atomic E-state index is 5.56. The van der Waals surface area contributed by atoms with E-state index < -0.39 is 0 Å². The molecule has 0 aliphatic carbocycles. The van der Waals surface area contributed by atoms with Gasteiger partial charge in [0, 0.05) is 26.2 Å². The third-order valence-electron chi connectivity index (χ3n) is 2.27. The smallest absolute Gasteiger partial charge is 0.245 e. The fraction of sp³-hybridized carbons (Fsp3) is 0.833. The lowest BCUT2D eigenvalue weighted by molar-refractivity contribution is 0.439. The topological polar surface area (TPSA) is 72.9 Å². The first kappa shape index (κ1) is 7.48. The summed E-state index contributed by atoms with van der Waals surface area (Å²) < 4.78 is 1.67. The van der Waals surface area contributed by atoms with E-state index in [0.29, 0.717) is 12.6 Å². The minimum atomic E-state index is 0.426. The maximum Gasteiger partial charge on any atom is 0.245 e. The Hall–Kier alpha value is -1.17. The fourth-order valence-corrected chi connectivity index (χ4v) is 1.42. The van der Waals surface area contributed by atoms with Crippen LogP contribution >= 0.6 is 0 Å². The molecule has 1 fully saturated rings. The van der Waals surface area contributed by atoms with E-state index in [4.69, 9.17) is 5.73 Å². The molecule has 6 heteroatoms. The zero-order valence-electron chi connectivity index (χ0n) is 7.01. The number of hydrogen-bond donors (Lipinski definition) is 1. The second kappa shape index (κ2) is 2.71. The molecule has 0 aromatic carbocycles. The molecule has 1 atom stereocenters. The quantitative estimate of drug-likeness (QED) is 0.597. The number of hydrogen-bond acceptors (Lipinski definition) is 5. The monoisotopic (exact) mass is 168 g/mol. The van der Waals surface area contributed by atoms with Crippen molar-refractivity contribution in [1.29, 1.82) is 0 Å². The second-order valence-corrected chi connectivity index (χ2v) is 2.97. The number of nitrogens with two attached hydrogens (primary N) is 1. The van der Waals surface area contributed by atoms with Crippen molar-refractivity contribution in [2.45, 2.75) is 12.5 Å². The molecule has 1 aliphatic rings. The van der Waals surface area contributed by atoms with Gasteiger partial charge in [-0.25, -0.2) is 4.68 Å². The molecule has 1 aromatic heterocycles. The van der Waals surface area contributed by atoms with Gasteiger partial charge >= 0.3 is 0 Å². The number of rotatable bonds is 2. The van der Waals surface area contributed by atoms with E-state index in [2.05, 4.69) is 20.4 Å². The zero-order chi connectivity index (χ0) is 8.55. The van der Waals surface area contributed by atoms with Crippen molar-refractivity contribution < 1.29 is 0 Å². The average molecular weight is 168 g/mol. The van der Waals surface area contributed by atoms with Gasteiger partial charge in [-0.05, 0) is 16.8 Å². The van der Waals surface area contributed by atoms with Crippen molar-refractivity contribution in [3.63, 3.8) is 0 Å². The van der Waals surface area contributed by atoms with Crippen LogP contribution in [0.1, 0.15) is 6.42 Å². The number of tetrazole rings is 1. The standard InChI is InChI=1S/C6H12N6/c1-11-6(8-9-10-11)12-3-2-5(12)4-7/h5H,2-4,7H2,1H3. The Kier molecular flexibility index (Phi) is 1.69. The molecule has 1 aromatic rings. The summed E-state index contributed by atoms with van der Waals surface area (Å²) in [6, 6.07) is 0.426.